The third-order valence-electron chi connectivity index (χ3n) is 1.51. The summed E-state index contributed by atoms with van der Waals surface area (Å²) in [4.78, 5) is 8.35. The summed E-state index contributed by atoms with van der Waals surface area (Å²) in [5.41, 5.74) is 0.697. The highest BCUT2D eigenvalue weighted by Gasteiger charge is 2.09. The van der Waals surface area contributed by atoms with Crippen LogP contribution in [-0.2, 0) is 0 Å². The molecule has 0 radical (unpaired) electrons. The Kier molecular flexibility index (Phi) is 4.38. The molecule has 0 N–H and O–H groups in total. The van der Waals surface area contributed by atoms with Crippen LogP contribution in [0.5, 0.6) is 0 Å². The summed E-state index contributed by atoms with van der Waals surface area (Å²) >= 11 is 13.9. The second-order valence-electron chi connectivity index (χ2n) is 4.06. The fraction of sp³-hybridized carbons (Fsp3) is 0.400. The molecule has 1 rings (SSSR count). The van der Waals surface area contributed by atoms with Crippen LogP contribution in [0.4, 0.5) is 0 Å². The maximum atomic E-state index is 5.97. The van der Waals surface area contributed by atoms with Gasteiger partial charge in [0.05, 0.1) is 5.54 Å². The summed E-state index contributed by atoms with van der Waals surface area (Å²) in [6.45, 7) is 6.06. The molecule has 0 fully saturated rings. The van der Waals surface area contributed by atoms with Gasteiger partial charge < -0.3 is 0 Å². The van der Waals surface area contributed by atoms with Gasteiger partial charge in [0.15, 0.2) is 0 Å². The smallest absolute Gasteiger partial charge is 0.140 e. The maximum Gasteiger partial charge on any atom is 0.140 e. The van der Waals surface area contributed by atoms with Gasteiger partial charge in [-0.2, -0.15) is 0 Å². The molecule has 0 amide bonds. The minimum absolute atomic E-state index is 0.119. The van der Waals surface area contributed by atoms with Crippen LogP contribution in [0.2, 0.25) is 10.3 Å². The number of halogens is 3. The van der Waals surface area contributed by atoms with Crippen LogP contribution in [0.15, 0.2) is 11.1 Å². The Bertz CT molecular complexity index is 374. The lowest BCUT2D eigenvalue weighted by atomic mass is 10.1. The van der Waals surface area contributed by atoms with Gasteiger partial charge in [-0.3, -0.25) is 4.99 Å². The summed E-state index contributed by atoms with van der Waals surface area (Å²) in [5, 5.41) is 0.789. The summed E-state index contributed by atoms with van der Waals surface area (Å²) in [7, 11) is 0. The van der Waals surface area contributed by atoms with E-state index in [0.717, 1.165) is 9.13 Å². The highest BCUT2D eigenvalue weighted by atomic mass is 127. The van der Waals surface area contributed by atoms with Crippen molar-refractivity contribution in [3.8, 4) is 0 Å². The van der Waals surface area contributed by atoms with Crippen molar-refractivity contribution in [1.29, 1.82) is 0 Å². The lowest BCUT2D eigenvalue weighted by molar-refractivity contribution is 0.586. The molecule has 15 heavy (non-hydrogen) atoms. The van der Waals surface area contributed by atoms with Crippen molar-refractivity contribution in [2.24, 2.45) is 4.99 Å². The van der Waals surface area contributed by atoms with E-state index in [9.17, 15) is 0 Å². The van der Waals surface area contributed by atoms with Crippen LogP contribution in [-0.4, -0.2) is 16.7 Å². The zero-order valence-corrected chi connectivity index (χ0v) is 12.4. The molecule has 1 heterocycles. The highest BCUT2D eigenvalue weighted by Crippen LogP contribution is 2.22. The Labute approximate surface area is 113 Å². The summed E-state index contributed by atoms with van der Waals surface area (Å²) in [5.74, 6) is 0. The third-order valence-corrected chi connectivity index (χ3v) is 2.89. The molecular weight excluding hydrogens is 346 g/mol. The molecule has 0 unspecified atom stereocenters. The van der Waals surface area contributed by atoms with E-state index in [1.54, 1.807) is 12.3 Å². The van der Waals surface area contributed by atoms with Crippen molar-refractivity contribution in [3.05, 3.63) is 25.5 Å². The molecule has 2 nitrogen and oxygen atoms in total. The second-order valence-corrected chi connectivity index (χ2v) is 5.97. The first-order valence-corrected chi connectivity index (χ1v) is 6.20. The average molecular weight is 357 g/mol. The first-order valence-electron chi connectivity index (χ1n) is 4.36. The average Bonchev–Trinajstić information content (AvgIpc) is 1.99. The molecule has 0 saturated heterocycles. The molecule has 5 heteroatoms. The Morgan fingerprint density at radius 2 is 2.00 bits per heavy atom. The molecule has 0 aliphatic rings. The molecule has 0 aliphatic heterocycles. The zero-order chi connectivity index (χ0) is 11.6. The minimum Gasteiger partial charge on any atom is -0.287 e. The highest BCUT2D eigenvalue weighted by molar-refractivity contribution is 14.1. The van der Waals surface area contributed by atoms with E-state index in [2.05, 4.69) is 32.6 Å². The largest absolute Gasteiger partial charge is 0.287 e. The lowest BCUT2D eigenvalue weighted by Gasteiger charge is -2.11. The van der Waals surface area contributed by atoms with Gasteiger partial charge in [0.2, 0.25) is 0 Å². The van der Waals surface area contributed by atoms with Gasteiger partial charge in [0.1, 0.15) is 10.3 Å². The van der Waals surface area contributed by atoms with E-state index >= 15 is 0 Å². The van der Waals surface area contributed by atoms with Crippen LogP contribution in [0.1, 0.15) is 26.3 Å². The molecule has 0 aromatic carbocycles. The van der Waals surface area contributed by atoms with Crippen LogP contribution in [0, 0.1) is 3.57 Å². The molecule has 0 atom stereocenters. The minimum atomic E-state index is -0.119. The van der Waals surface area contributed by atoms with Crippen LogP contribution in [0.25, 0.3) is 0 Å². The van der Waals surface area contributed by atoms with Crippen LogP contribution in [0.3, 0.4) is 0 Å². The van der Waals surface area contributed by atoms with Gasteiger partial charge in [0.25, 0.3) is 0 Å². The van der Waals surface area contributed by atoms with E-state index in [1.165, 1.54) is 0 Å². The number of rotatable bonds is 1. The number of hydrogen-bond acceptors (Lipinski definition) is 2. The standard InChI is InChI=1S/C10H11Cl2IN2/c1-10(2,3)14-5-6-7(13)4-8(11)15-9(6)12/h4-5H,1-3H3. The summed E-state index contributed by atoms with van der Waals surface area (Å²) < 4.78 is 0.950. The fourth-order valence-corrected chi connectivity index (χ4v) is 2.35. The zero-order valence-electron chi connectivity index (χ0n) is 8.68. The third kappa shape index (κ3) is 4.25. The maximum absolute atomic E-state index is 5.97. The van der Waals surface area contributed by atoms with Crippen molar-refractivity contribution in [1.82, 2.24) is 4.98 Å². The van der Waals surface area contributed by atoms with Crippen molar-refractivity contribution in [2.75, 3.05) is 0 Å². The molecule has 1 aromatic heterocycles. The molecule has 0 bridgehead atoms. The normalized spacial score (nSPS) is 12.4. The number of pyridine rings is 1. The van der Waals surface area contributed by atoms with Crippen molar-refractivity contribution in [3.63, 3.8) is 0 Å². The summed E-state index contributed by atoms with van der Waals surface area (Å²) in [6.07, 6.45) is 1.74. The van der Waals surface area contributed by atoms with E-state index in [4.69, 9.17) is 23.2 Å². The number of nitrogens with zero attached hydrogens (tertiary/aromatic N) is 2. The van der Waals surface area contributed by atoms with Gasteiger partial charge in [-0.15, -0.1) is 0 Å². The molecule has 1 aromatic rings. The van der Waals surface area contributed by atoms with Crippen molar-refractivity contribution < 1.29 is 0 Å². The second kappa shape index (κ2) is 4.97. The van der Waals surface area contributed by atoms with E-state index in [0.29, 0.717) is 10.3 Å². The Morgan fingerprint density at radius 1 is 1.40 bits per heavy atom. The topological polar surface area (TPSA) is 25.2 Å². The van der Waals surface area contributed by atoms with Gasteiger partial charge >= 0.3 is 0 Å². The predicted molar refractivity (Wildman–Crippen MR) is 74.3 cm³/mol. The number of aromatic nitrogens is 1. The molecule has 0 saturated carbocycles. The lowest BCUT2D eigenvalue weighted by Crippen LogP contribution is -2.10. The van der Waals surface area contributed by atoms with E-state index in [-0.39, 0.29) is 5.54 Å². The fourth-order valence-electron chi connectivity index (χ4n) is 0.840. The van der Waals surface area contributed by atoms with Crippen LogP contribution < -0.4 is 0 Å². The predicted octanol–water partition coefficient (Wildman–Crippen LogP) is 4.21. The monoisotopic (exact) mass is 356 g/mol. The van der Waals surface area contributed by atoms with Crippen molar-refractivity contribution in [2.45, 2.75) is 26.3 Å². The molecular formula is C10H11Cl2IN2. The molecule has 0 aliphatic carbocycles. The Hall–Kier alpha value is 0.130. The van der Waals surface area contributed by atoms with Gasteiger partial charge in [-0.25, -0.2) is 4.98 Å². The van der Waals surface area contributed by atoms with Crippen LogP contribution >= 0.6 is 45.8 Å². The first kappa shape index (κ1) is 13.2. The molecule has 0 spiro atoms. The van der Waals surface area contributed by atoms with E-state index in [1.807, 2.05) is 20.8 Å². The Morgan fingerprint density at radius 3 is 2.47 bits per heavy atom. The van der Waals surface area contributed by atoms with E-state index < -0.39 is 0 Å². The van der Waals surface area contributed by atoms with Gasteiger partial charge in [-0.05, 0) is 49.4 Å². The SMILES string of the molecule is CC(C)(C)N=Cc1c(I)cc(Cl)nc1Cl. The van der Waals surface area contributed by atoms with Gasteiger partial charge in [-0.1, -0.05) is 23.2 Å². The quantitative estimate of drug-likeness (QED) is 0.420. The Balaban J connectivity index is 3.11. The number of aliphatic imine (C=N–C) groups is 1. The van der Waals surface area contributed by atoms with Gasteiger partial charge in [0, 0.05) is 15.3 Å². The first-order chi connectivity index (χ1) is 6.79. The summed E-state index contributed by atoms with van der Waals surface area (Å²) in [6, 6.07) is 1.76. The number of hydrogen-bond donors (Lipinski definition) is 0. The van der Waals surface area contributed by atoms with Crippen molar-refractivity contribution >= 4 is 52.0 Å². The molecule has 82 valence electrons.